The third-order valence-electron chi connectivity index (χ3n) is 4.57. The van der Waals surface area contributed by atoms with Crippen molar-refractivity contribution in [2.24, 2.45) is 0 Å². The summed E-state index contributed by atoms with van der Waals surface area (Å²) in [4.78, 5) is 0. The second-order valence-electron chi connectivity index (χ2n) is 6.33. The highest BCUT2D eigenvalue weighted by molar-refractivity contribution is 5.81. The van der Waals surface area contributed by atoms with Gasteiger partial charge in [-0.2, -0.15) is 4.48 Å². The Labute approximate surface area is 167 Å². The van der Waals surface area contributed by atoms with Crippen molar-refractivity contribution >= 4 is 22.7 Å². The van der Waals surface area contributed by atoms with Crippen molar-refractivity contribution in [3.05, 3.63) is 121 Å². The van der Waals surface area contributed by atoms with Crippen LogP contribution in [0.2, 0.25) is 0 Å². The molecule has 4 aromatic carbocycles. The molecule has 0 aliphatic heterocycles. The number of aliphatic hydroxyl groups is 1. The van der Waals surface area contributed by atoms with Gasteiger partial charge in [-0.05, 0) is 6.92 Å². The molecule has 2 nitrogen and oxygen atoms in total. The number of hydrogen-bond acceptors (Lipinski definition) is 1. The maximum absolute atomic E-state index is 7.57. The number of para-hydroxylation sites is 4. The average molecular weight is 369 g/mol. The van der Waals surface area contributed by atoms with E-state index in [0.29, 0.717) is 4.48 Å². The molecular weight excluding hydrogens is 342 g/mol. The third-order valence-corrected chi connectivity index (χ3v) is 4.57. The summed E-state index contributed by atoms with van der Waals surface area (Å²) in [7, 11) is 0. The van der Waals surface area contributed by atoms with Crippen LogP contribution < -0.4 is 4.48 Å². The molecule has 140 valence electrons. The molecule has 0 aliphatic rings. The molecule has 4 rings (SSSR count). The first kappa shape index (κ1) is 19.6. The lowest BCUT2D eigenvalue weighted by Crippen LogP contribution is -2.33. The Kier molecular flexibility index (Phi) is 6.74. The van der Waals surface area contributed by atoms with Crippen LogP contribution in [0.1, 0.15) is 6.92 Å². The minimum absolute atomic E-state index is 0.250. The molecule has 0 unspecified atom stereocenters. The van der Waals surface area contributed by atoms with Crippen LogP contribution >= 0.6 is 0 Å². The number of quaternary nitrogens is 1. The maximum Gasteiger partial charge on any atom is 0.148 e. The summed E-state index contributed by atoms with van der Waals surface area (Å²) in [5.74, 6) is 0. The monoisotopic (exact) mass is 368 g/mol. The summed E-state index contributed by atoms with van der Waals surface area (Å²) >= 11 is 0. The molecule has 0 saturated carbocycles. The molecule has 28 heavy (non-hydrogen) atoms. The van der Waals surface area contributed by atoms with Crippen molar-refractivity contribution < 1.29 is 5.11 Å². The lowest BCUT2D eigenvalue weighted by Gasteiger charge is -2.37. The van der Waals surface area contributed by atoms with Gasteiger partial charge in [0.25, 0.3) is 0 Å². The Hall–Kier alpha value is -3.20. The fourth-order valence-corrected chi connectivity index (χ4v) is 3.50. The zero-order chi connectivity index (χ0) is 19.7. The molecule has 0 saturated heterocycles. The number of nitrogens with zero attached hydrogens (tertiary/aromatic N) is 1. The van der Waals surface area contributed by atoms with Crippen LogP contribution in [0.4, 0.5) is 22.7 Å². The first-order chi connectivity index (χ1) is 13.8. The minimum Gasteiger partial charge on any atom is -0.397 e. The Morgan fingerprint density at radius 1 is 0.464 bits per heavy atom. The number of hydrogen-bond donors (Lipinski definition) is 1. The third kappa shape index (κ3) is 3.89. The Balaban J connectivity index is 0.000000706. The largest absolute Gasteiger partial charge is 0.397 e. The topological polar surface area (TPSA) is 20.2 Å². The molecule has 0 spiro atoms. The van der Waals surface area contributed by atoms with Gasteiger partial charge in [-0.1, -0.05) is 72.8 Å². The highest BCUT2D eigenvalue weighted by Crippen LogP contribution is 2.50. The molecule has 2 heteroatoms. The molecule has 0 fully saturated rings. The van der Waals surface area contributed by atoms with Crippen molar-refractivity contribution in [2.75, 3.05) is 6.61 Å². The highest BCUT2D eigenvalue weighted by Gasteiger charge is 2.38. The standard InChI is InChI=1S/C24H20N.C2H6O/c1-5-13-21(14-6-1)25(22-15-7-2-8-16-22,23-17-9-3-10-18-23)24-19-11-4-12-20-24;1-2-3/h1-20H;3H,2H2,1H3/q+1;. The van der Waals surface area contributed by atoms with Gasteiger partial charge in [0, 0.05) is 55.1 Å². The normalized spacial score (nSPS) is 10.6. The van der Waals surface area contributed by atoms with Crippen LogP contribution in [0, 0.1) is 0 Å². The van der Waals surface area contributed by atoms with Gasteiger partial charge in [0.1, 0.15) is 22.7 Å². The zero-order valence-electron chi connectivity index (χ0n) is 16.1. The predicted molar refractivity (Wildman–Crippen MR) is 119 cm³/mol. The quantitative estimate of drug-likeness (QED) is 0.385. The average Bonchev–Trinajstić information content (AvgIpc) is 2.78. The molecular formula is C26H26NO+. The van der Waals surface area contributed by atoms with Crippen LogP contribution in [0.25, 0.3) is 0 Å². The smallest absolute Gasteiger partial charge is 0.148 e. The first-order valence-electron chi connectivity index (χ1n) is 9.56. The van der Waals surface area contributed by atoms with E-state index in [1.807, 2.05) is 0 Å². The van der Waals surface area contributed by atoms with E-state index in [1.165, 1.54) is 22.7 Å². The number of rotatable bonds is 4. The van der Waals surface area contributed by atoms with E-state index in [9.17, 15) is 0 Å². The maximum atomic E-state index is 7.57. The fourth-order valence-electron chi connectivity index (χ4n) is 3.50. The first-order valence-corrected chi connectivity index (χ1v) is 9.56. The van der Waals surface area contributed by atoms with E-state index in [4.69, 9.17) is 5.11 Å². The Morgan fingerprint density at radius 3 is 0.821 bits per heavy atom. The van der Waals surface area contributed by atoms with Crippen LogP contribution in [0.3, 0.4) is 0 Å². The van der Waals surface area contributed by atoms with Gasteiger partial charge in [-0.3, -0.25) is 0 Å². The van der Waals surface area contributed by atoms with Gasteiger partial charge in [-0.15, -0.1) is 0 Å². The van der Waals surface area contributed by atoms with Crippen molar-refractivity contribution in [3.63, 3.8) is 0 Å². The lowest BCUT2D eigenvalue weighted by molar-refractivity contribution is 0.318. The van der Waals surface area contributed by atoms with E-state index < -0.39 is 0 Å². The summed E-state index contributed by atoms with van der Waals surface area (Å²) in [6.07, 6.45) is 0. The van der Waals surface area contributed by atoms with Gasteiger partial charge in [0.05, 0.1) is 0 Å². The molecule has 4 aromatic rings. The molecule has 0 bridgehead atoms. The predicted octanol–water partition coefficient (Wildman–Crippen LogP) is 6.99. The van der Waals surface area contributed by atoms with Gasteiger partial charge < -0.3 is 5.11 Å². The van der Waals surface area contributed by atoms with Crippen LogP contribution in [-0.2, 0) is 0 Å². The molecule has 0 heterocycles. The zero-order valence-corrected chi connectivity index (χ0v) is 16.1. The molecule has 1 N–H and O–H groups in total. The van der Waals surface area contributed by atoms with Gasteiger partial charge in [0.15, 0.2) is 0 Å². The van der Waals surface area contributed by atoms with Crippen molar-refractivity contribution in [2.45, 2.75) is 6.92 Å². The van der Waals surface area contributed by atoms with Gasteiger partial charge >= 0.3 is 0 Å². The second-order valence-corrected chi connectivity index (χ2v) is 6.33. The summed E-state index contributed by atoms with van der Waals surface area (Å²) in [5, 5.41) is 7.57. The van der Waals surface area contributed by atoms with Gasteiger partial charge in [-0.25, -0.2) is 0 Å². The van der Waals surface area contributed by atoms with Crippen LogP contribution in [0.5, 0.6) is 0 Å². The SMILES string of the molecule is CCO.c1ccc([N+](c2ccccc2)(c2ccccc2)c2ccccc2)cc1. The van der Waals surface area contributed by atoms with Crippen molar-refractivity contribution in [3.8, 4) is 0 Å². The van der Waals surface area contributed by atoms with Crippen molar-refractivity contribution in [1.82, 2.24) is 4.48 Å². The molecule has 0 radical (unpaired) electrons. The van der Waals surface area contributed by atoms with Gasteiger partial charge in [0.2, 0.25) is 0 Å². The minimum atomic E-state index is 0.250. The number of benzene rings is 4. The Bertz CT molecular complexity index is 775. The van der Waals surface area contributed by atoms with E-state index in [-0.39, 0.29) is 6.61 Å². The molecule has 0 amide bonds. The molecule has 0 atom stereocenters. The lowest BCUT2D eigenvalue weighted by atomic mass is 10.1. The summed E-state index contributed by atoms with van der Waals surface area (Å²) in [5.41, 5.74) is 4.86. The molecule has 0 aromatic heterocycles. The highest BCUT2D eigenvalue weighted by atomic mass is 16.2. The summed E-state index contributed by atoms with van der Waals surface area (Å²) < 4.78 is 0.559. The van der Waals surface area contributed by atoms with E-state index in [0.717, 1.165) is 0 Å². The number of aliphatic hydroxyl groups excluding tert-OH is 1. The summed E-state index contributed by atoms with van der Waals surface area (Å²) in [6.45, 7) is 1.93. The van der Waals surface area contributed by atoms with Crippen molar-refractivity contribution in [1.29, 1.82) is 0 Å². The van der Waals surface area contributed by atoms with Crippen LogP contribution in [0.15, 0.2) is 121 Å². The summed E-state index contributed by atoms with van der Waals surface area (Å²) in [6, 6.07) is 42.8. The second kappa shape index (κ2) is 9.65. The fraction of sp³-hybridized carbons (Fsp3) is 0.0769. The van der Waals surface area contributed by atoms with E-state index >= 15 is 0 Å². The molecule has 0 aliphatic carbocycles. The van der Waals surface area contributed by atoms with E-state index in [1.54, 1.807) is 6.92 Å². The Morgan fingerprint density at radius 2 is 0.643 bits per heavy atom. The van der Waals surface area contributed by atoms with E-state index in [2.05, 4.69) is 121 Å². The van der Waals surface area contributed by atoms with Crippen LogP contribution in [-0.4, -0.2) is 11.7 Å².